The summed E-state index contributed by atoms with van der Waals surface area (Å²) in [6.07, 6.45) is 0. The molecule has 0 aromatic heterocycles. The maximum atomic E-state index is 12.1. The molecule has 4 rings (SSSR count). The number of nitrogens with zero attached hydrogens (tertiary/aromatic N) is 2. The third-order valence-corrected chi connectivity index (χ3v) is 7.69. The van der Waals surface area contributed by atoms with Gasteiger partial charge in [0, 0.05) is 21.5 Å². The number of benzene rings is 2. The number of halogens is 2. The number of hydrogen-bond donors (Lipinski definition) is 0. The molecule has 8 heteroatoms. The standard InChI is InChI=1S/C18H16Cl2N2O2S2/c19-13-4-6-15(7-5-13)22-17-11-26(23,24)10-16(17)21-18(22)25-9-12-2-1-3-14(20)8-12/h1-8,16-17H,9-11H2/t16-,17-/m0/s1. The summed E-state index contributed by atoms with van der Waals surface area (Å²) in [4.78, 5) is 6.77. The molecule has 0 radical (unpaired) electrons. The summed E-state index contributed by atoms with van der Waals surface area (Å²) in [6, 6.07) is 14.8. The van der Waals surface area contributed by atoms with Crippen molar-refractivity contribution in [2.24, 2.45) is 4.99 Å². The second-order valence-electron chi connectivity index (χ2n) is 6.39. The molecule has 2 aliphatic rings. The van der Waals surface area contributed by atoms with Gasteiger partial charge in [0.05, 0.1) is 23.6 Å². The van der Waals surface area contributed by atoms with Crippen LogP contribution in [0.5, 0.6) is 0 Å². The summed E-state index contributed by atoms with van der Waals surface area (Å²) in [5.41, 5.74) is 2.02. The molecule has 0 N–H and O–H groups in total. The van der Waals surface area contributed by atoms with Gasteiger partial charge in [-0.3, -0.25) is 4.99 Å². The normalized spacial score (nSPS) is 23.8. The molecule has 2 aromatic carbocycles. The van der Waals surface area contributed by atoms with Crippen LogP contribution in [-0.2, 0) is 15.6 Å². The fraction of sp³-hybridized carbons (Fsp3) is 0.278. The van der Waals surface area contributed by atoms with Gasteiger partial charge in [0.2, 0.25) is 0 Å². The Balaban J connectivity index is 1.61. The number of sulfone groups is 1. The van der Waals surface area contributed by atoms with Crippen LogP contribution in [0, 0.1) is 0 Å². The third-order valence-electron chi connectivity index (χ3n) is 4.47. The molecule has 2 aliphatic heterocycles. The van der Waals surface area contributed by atoms with E-state index in [0.717, 1.165) is 22.2 Å². The molecule has 0 unspecified atom stereocenters. The predicted molar refractivity (Wildman–Crippen MR) is 110 cm³/mol. The molecule has 136 valence electrons. The Bertz CT molecular complexity index is 961. The number of anilines is 1. The highest BCUT2D eigenvalue weighted by Crippen LogP contribution is 2.36. The van der Waals surface area contributed by atoms with Gasteiger partial charge in [-0.2, -0.15) is 0 Å². The molecule has 0 aliphatic carbocycles. The van der Waals surface area contributed by atoms with E-state index in [-0.39, 0.29) is 23.6 Å². The van der Waals surface area contributed by atoms with Crippen molar-refractivity contribution in [3.8, 4) is 0 Å². The van der Waals surface area contributed by atoms with E-state index in [0.29, 0.717) is 10.0 Å². The minimum atomic E-state index is -3.05. The predicted octanol–water partition coefficient (Wildman–Crippen LogP) is 4.27. The lowest BCUT2D eigenvalue weighted by molar-refractivity contribution is 0.601. The minimum absolute atomic E-state index is 0.114. The van der Waals surface area contributed by atoms with Crippen LogP contribution in [0.2, 0.25) is 10.0 Å². The van der Waals surface area contributed by atoms with Crippen molar-refractivity contribution in [2.45, 2.75) is 17.8 Å². The van der Waals surface area contributed by atoms with Crippen LogP contribution >= 0.6 is 35.0 Å². The van der Waals surface area contributed by atoms with E-state index in [1.165, 1.54) is 0 Å². The Hall–Kier alpha value is -1.21. The quantitative estimate of drug-likeness (QED) is 0.734. The van der Waals surface area contributed by atoms with Crippen LogP contribution in [-0.4, -0.2) is 37.2 Å². The first-order valence-electron chi connectivity index (χ1n) is 8.11. The van der Waals surface area contributed by atoms with E-state index in [9.17, 15) is 8.42 Å². The zero-order valence-electron chi connectivity index (χ0n) is 13.7. The monoisotopic (exact) mass is 426 g/mol. The van der Waals surface area contributed by atoms with Gasteiger partial charge >= 0.3 is 0 Å². The SMILES string of the molecule is O=S1(=O)C[C@@H]2N=C(SCc3cccc(Cl)c3)N(c3ccc(Cl)cc3)[C@H]2C1. The highest BCUT2D eigenvalue weighted by Gasteiger charge is 2.47. The van der Waals surface area contributed by atoms with Gasteiger partial charge in [0.25, 0.3) is 0 Å². The van der Waals surface area contributed by atoms with Crippen molar-refractivity contribution in [2.75, 3.05) is 16.4 Å². The van der Waals surface area contributed by atoms with E-state index >= 15 is 0 Å². The molecule has 4 nitrogen and oxygen atoms in total. The topological polar surface area (TPSA) is 49.7 Å². The van der Waals surface area contributed by atoms with Crippen molar-refractivity contribution in [1.29, 1.82) is 0 Å². The Morgan fingerprint density at radius 1 is 1.08 bits per heavy atom. The number of rotatable bonds is 3. The second kappa shape index (κ2) is 7.08. The fourth-order valence-electron chi connectivity index (χ4n) is 3.31. The second-order valence-corrected chi connectivity index (χ2v) is 10.4. The van der Waals surface area contributed by atoms with Crippen molar-refractivity contribution in [3.63, 3.8) is 0 Å². The molecule has 2 heterocycles. The molecule has 0 saturated carbocycles. The lowest BCUT2D eigenvalue weighted by Gasteiger charge is -2.26. The first kappa shape index (κ1) is 18.2. The van der Waals surface area contributed by atoms with Gasteiger partial charge < -0.3 is 4.90 Å². The van der Waals surface area contributed by atoms with Crippen LogP contribution in [0.4, 0.5) is 5.69 Å². The van der Waals surface area contributed by atoms with E-state index in [4.69, 9.17) is 28.2 Å². The van der Waals surface area contributed by atoms with Crippen molar-refractivity contribution in [3.05, 3.63) is 64.1 Å². The van der Waals surface area contributed by atoms with Gasteiger partial charge in [-0.25, -0.2) is 8.42 Å². The Morgan fingerprint density at radius 3 is 2.58 bits per heavy atom. The summed E-state index contributed by atoms with van der Waals surface area (Å²) in [6.45, 7) is 0. The van der Waals surface area contributed by atoms with Crippen LogP contribution in [0.15, 0.2) is 53.5 Å². The van der Waals surface area contributed by atoms with E-state index in [1.54, 1.807) is 11.8 Å². The average molecular weight is 427 g/mol. The average Bonchev–Trinajstić information content (AvgIpc) is 3.05. The Kier molecular flexibility index (Phi) is 4.94. The van der Waals surface area contributed by atoms with Crippen molar-refractivity contribution in [1.82, 2.24) is 0 Å². The molecule has 2 atom stereocenters. The molecule has 26 heavy (non-hydrogen) atoms. The van der Waals surface area contributed by atoms with Crippen molar-refractivity contribution < 1.29 is 8.42 Å². The lowest BCUT2D eigenvalue weighted by atomic mass is 10.1. The number of hydrogen-bond acceptors (Lipinski definition) is 5. The lowest BCUT2D eigenvalue weighted by Crippen LogP contribution is -2.39. The number of thioether (sulfide) groups is 1. The van der Waals surface area contributed by atoms with Crippen LogP contribution in [0.3, 0.4) is 0 Å². The first-order valence-corrected chi connectivity index (χ1v) is 11.7. The Morgan fingerprint density at radius 2 is 1.85 bits per heavy atom. The Labute approximate surface area is 167 Å². The zero-order chi connectivity index (χ0) is 18.3. The molecule has 0 amide bonds. The van der Waals surface area contributed by atoms with E-state index in [2.05, 4.69) is 0 Å². The molecule has 0 spiro atoms. The number of amidine groups is 1. The van der Waals surface area contributed by atoms with Crippen LogP contribution < -0.4 is 4.90 Å². The fourth-order valence-corrected chi connectivity index (χ4v) is 6.56. The van der Waals surface area contributed by atoms with Crippen LogP contribution in [0.1, 0.15) is 5.56 Å². The highest BCUT2D eigenvalue weighted by atomic mass is 35.5. The largest absolute Gasteiger partial charge is 0.315 e. The molecular formula is C18H16Cl2N2O2S2. The molecule has 2 aromatic rings. The third kappa shape index (κ3) is 3.74. The molecule has 1 fully saturated rings. The summed E-state index contributed by atoms with van der Waals surface area (Å²) in [5.74, 6) is 0.962. The smallest absolute Gasteiger partial charge is 0.164 e. The van der Waals surface area contributed by atoms with Gasteiger partial charge in [-0.15, -0.1) is 0 Å². The maximum absolute atomic E-state index is 12.1. The number of aliphatic imine (C=N–C) groups is 1. The minimum Gasteiger partial charge on any atom is -0.315 e. The van der Waals surface area contributed by atoms with E-state index in [1.807, 2.05) is 53.4 Å². The van der Waals surface area contributed by atoms with E-state index < -0.39 is 9.84 Å². The van der Waals surface area contributed by atoms with Crippen LogP contribution in [0.25, 0.3) is 0 Å². The molecular weight excluding hydrogens is 411 g/mol. The van der Waals surface area contributed by atoms with Gasteiger partial charge in [-0.1, -0.05) is 47.1 Å². The number of fused-ring (bicyclic) bond motifs is 1. The van der Waals surface area contributed by atoms with Crippen molar-refractivity contribution >= 4 is 55.7 Å². The van der Waals surface area contributed by atoms with Gasteiger partial charge in [0.15, 0.2) is 15.0 Å². The zero-order valence-corrected chi connectivity index (χ0v) is 16.8. The first-order chi connectivity index (χ1) is 12.4. The summed E-state index contributed by atoms with van der Waals surface area (Å²) < 4.78 is 24.1. The summed E-state index contributed by atoms with van der Waals surface area (Å²) in [5, 5.41) is 2.19. The van der Waals surface area contributed by atoms with Gasteiger partial charge in [0.1, 0.15) is 0 Å². The highest BCUT2D eigenvalue weighted by molar-refractivity contribution is 8.13. The molecule has 0 bridgehead atoms. The summed E-state index contributed by atoms with van der Waals surface area (Å²) in [7, 11) is -3.05. The maximum Gasteiger partial charge on any atom is 0.164 e. The summed E-state index contributed by atoms with van der Waals surface area (Å²) >= 11 is 13.7. The molecule has 1 saturated heterocycles. The van der Waals surface area contributed by atoms with Gasteiger partial charge in [-0.05, 0) is 42.0 Å².